The number of hydrogen-bond donors (Lipinski definition) is 1. The highest BCUT2D eigenvalue weighted by molar-refractivity contribution is 5.56. The molecule has 0 spiro atoms. The van der Waals surface area contributed by atoms with E-state index in [4.69, 9.17) is 4.74 Å². The molecule has 3 heteroatoms. The Labute approximate surface area is 95.5 Å². The van der Waals surface area contributed by atoms with Crippen LogP contribution in [0.15, 0.2) is 30.5 Å². The van der Waals surface area contributed by atoms with Crippen LogP contribution in [0.5, 0.6) is 5.75 Å². The summed E-state index contributed by atoms with van der Waals surface area (Å²) in [5.74, 6) is 1.79. The fourth-order valence-electron chi connectivity index (χ4n) is 1.52. The normalized spacial score (nSPS) is 10.8. The van der Waals surface area contributed by atoms with Crippen LogP contribution in [-0.2, 0) is 0 Å². The highest BCUT2D eigenvalue weighted by atomic mass is 16.5. The highest BCUT2D eigenvalue weighted by Gasteiger charge is 2.02. The molecule has 1 heterocycles. The zero-order valence-corrected chi connectivity index (χ0v) is 9.82. The number of aryl methyl sites for hydroxylation is 1. The molecule has 0 amide bonds. The maximum atomic E-state index is 5.58. The number of nitrogens with zero attached hydrogens (tertiary/aromatic N) is 1. The Morgan fingerprint density at radius 3 is 2.38 bits per heavy atom. The fourth-order valence-corrected chi connectivity index (χ4v) is 1.52. The molecular weight excluding hydrogens is 200 g/mol. The van der Waals surface area contributed by atoms with Gasteiger partial charge < -0.3 is 9.72 Å². The van der Waals surface area contributed by atoms with Crippen molar-refractivity contribution in [3.8, 4) is 17.1 Å². The molecule has 1 aromatic heterocycles. The first-order chi connectivity index (χ1) is 7.65. The monoisotopic (exact) mass is 216 g/mol. The number of H-pyrrole nitrogens is 1. The second-order valence-corrected chi connectivity index (χ2v) is 4.11. The molecular formula is C13H16N2O. The van der Waals surface area contributed by atoms with E-state index in [1.54, 1.807) is 0 Å². The average Bonchev–Trinajstić information content (AvgIpc) is 2.65. The molecule has 0 atom stereocenters. The Morgan fingerprint density at radius 1 is 1.19 bits per heavy atom. The Kier molecular flexibility index (Phi) is 2.95. The first-order valence-corrected chi connectivity index (χ1v) is 5.44. The van der Waals surface area contributed by atoms with Crippen molar-refractivity contribution in [1.82, 2.24) is 9.97 Å². The van der Waals surface area contributed by atoms with Crippen molar-refractivity contribution >= 4 is 0 Å². The van der Waals surface area contributed by atoms with Gasteiger partial charge in [0.1, 0.15) is 11.6 Å². The number of nitrogens with one attached hydrogen (secondary N) is 1. The highest BCUT2D eigenvalue weighted by Crippen LogP contribution is 2.20. The number of aromatic amines is 1. The standard InChI is InChI=1S/C13H16N2O/c1-9(2)16-12-6-4-11(5-7-12)13-14-8-10(3)15-13/h4-9H,1-3H3,(H,14,15). The van der Waals surface area contributed by atoms with Gasteiger partial charge in [0.2, 0.25) is 0 Å². The van der Waals surface area contributed by atoms with E-state index in [9.17, 15) is 0 Å². The minimum atomic E-state index is 0.205. The molecule has 0 aliphatic heterocycles. The first kappa shape index (κ1) is 10.7. The van der Waals surface area contributed by atoms with Crippen LogP contribution in [0.1, 0.15) is 19.5 Å². The van der Waals surface area contributed by atoms with Crippen molar-refractivity contribution in [2.24, 2.45) is 0 Å². The van der Waals surface area contributed by atoms with Gasteiger partial charge in [-0.1, -0.05) is 0 Å². The molecule has 16 heavy (non-hydrogen) atoms. The number of hydrogen-bond acceptors (Lipinski definition) is 2. The molecule has 0 saturated carbocycles. The van der Waals surface area contributed by atoms with E-state index in [0.29, 0.717) is 0 Å². The number of benzene rings is 1. The van der Waals surface area contributed by atoms with Crippen LogP contribution in [0.25, 0.3) is 11.4 Å². The summed E-state index contributed by atoms with van der Waals surface area (Å²) in [6.45, 7) is 6.03. The number of imidazole rings is 1. The van der Waals surface area contributed by atoms with Gasteiger partial charge in [-0.05, 0) is 45.0 Å². The van der Waals surface area contributed by atoms with Crippen LogP contribution in [0.4, 0.5) is 0 Å². The van der Waals surface area contributed by atoms with Gasteiger partial charge in [-0.15, -0.1) is 0 Å². The number of ether oxygens (including phenoxy) is 1. The van der Waals surface area contributed by atoms with Crippen molar-refractivity contribution in [2.75, 3.05) is 0 Å². The van der Waals surface area contributed by atoms with Gasteiger partial charge >= 0.3 is 0 Å². The summed E-state index contributed by atoms with van der Waals surface area (Å²) in [4.78, 5) is 7.48. The number of aromatic nitrogens is 2. The lowest BCUT2D eigenvalue weighted by molar-refractivity contribution is 0.242. The summed E-state index contributed by atoms with van der Waals surface area (Å²) in [5, 5.41) is 0. The lowest BCUT2D eigenvalue weighted by atomic mass is 10.2. The van der Waals surface area contributed by atoms with Gasteiger partial charge in [0.25, 0.3) is 0 Å². The second kappa shape index (κ2) is 4.39. The largest absolute Gasteiger partial charge is 0.491 e. The fraction of sp³-hybridized carbons (Fsp3) is 0.308. The van der Waals surface area contributed by atoms with E-state index in [2.05, 4.69) is 9.97 Å². The van der Waals surface area contributed by atoms with Crippen molar-refractivity contribution < 1.29 is 4.74 Å². The molecule has 0 bridgehead atoms. The van der Waals surface area contributed by atoms with Gasteiger partial charge in [-0.2, -0.15) is 0 Å². The maximum Gasteiger partial charge on any atom is 0.137 e. The van der Waals surface area contributed by atoms with E-state index >= 15 is 0 Å². The first-order valence-electron chi connectivity index (χ1n) is 5.44. The van der Waals surface area contributed by atoms with E-state index in [-0.39, 0.29) is 6.10 Å². The third-order valence-corrected chi connectivity index (χ3v) is 2.20. The topological polar surface area (TPSA) is 37.9 Å². The summed E-state index contributed by atoms with van der Waals surface area (Å²) < 4.78 is 5.58. The molecule has 0 fully saturated rings. The van der Waals surface area contributed by atoms with Crippen molar-refractivity contribution in [1.29, 1.82) is 0 Å². The van der Waals surface area contributed by atoms with Gasteiger partial charge in [0.15, 0.2) is 0 Å². The van der Waals surface area contributed by atoms with Crippen molar-refractivity contribution in [3.05, 3.63) is 36.2 Å². The quantitative estimate of drug-likeness (QED) is 0.855. The summed E-state index contributed by atoms with van der Waals surface area (Å²) >= 11 is 0. The van der Waals surface area contributed by atoms with Crippen LogP contribution in [0.2, 0.25) is 0 Å². The maximum absolute atomic E-state index is 5.58. The predicted molar refractivity (Wildman–Crippen MR) is 64.5 cm³/mol. The van der Waals surface area contributed by atoms with E-state index in [1.807, 2.05) is 51.2 Å². The van der Waals surface area contributed by atoms with Gasteiger partial charge in [-0.25, -0.2) is 4.98 Å². The van der Waals surface area contributed by atoms with Gasteiger partial charge in [0.05, 0.1) is 6.10 Å². The summed E-state index contributed by atoms with van der Waals surface area (Å²) in [7, 11) is 0. The molecule has 2 rings (SSSR count). The molecule has 0 aliphatic rings. The smallest absolute Gasteiger partial charge is 0.137 e. The second-order valence-electron chi connectivity index (χ2n) is 4.11. The van der Waals surface area contributed by atoms with E-state index < -0.39 is 0 Å². The lowest BCUT2D eigenvalue weighted by Gasteiger charge is -2.09. The molecule has 0 saturated heterocycles. The zero-order valence-electron chi connectivity index (χ0n) is 9.82. The van der Waals surface area contributed by atoms with Gasteiger partial charge in [0, 0.05) is 17.5 Å². The van der Waals surface area contributed by atoms with Crippen LogP contribution >= 0.6 is 0 Å². The van der Waals surface area contributed by atoms with E-state index in [1.165, 1.54) is 0 Å². The molecule has 2 aromatic rings. The SMILES string of the molecule is Cc1cnc(-c2ccc(OC(C)C)cc2)[nH]1. The Hall–Kier alpha value is -1.77. The minimum Gasteiger partial charge on any atom is -0.491 e. The lowest BCUT2D eigenvalue weighted by Crippen LogP contribution is -2.05. The minimum absolute atomic E-state index is 0.205. The molecule has 84 valence electrons. The van der Waals surface area contributed by atoms with Crippen LogP contribution in [0.3, 0.4) is 0 Å². The van der Waals surface area contributed by atoms with Crippen LogP contribution < -0.4 is 4.74 Å². The summed E-state index contributed by atoms with van der Waals surface area (Å²) in [5.41, 5.74) is 2.14. The Bertz CT molecular complexity index is 457. The molecule has 3 nitrogen and oxygen atoms in total. The zero-order chi connectivity index (χ0) is 11.5. The summed E-state index contributed by atoms with van der Waals surface area (Å²) in [6.07, 6.45) is 2.03. The van der Waals surface area contributed by atoms with Crippen molar-refractivity contribution in [3.63, 3.8) is 0 Å². The Balaban J connectivity index is 2.19. The van der Waals surface area contributed by atoms with Gasteiger partial charge in [-0.3, -0.25) is 0 Å². The average molecular weight is 216 g/mol. The molecule has 1 N–H and O–H groups in total. The van der Waals surface area contributed by atoms with Crippen LogP contribution in [0, 0.1) is 6.92 Å². The number of rotatable bonds is 3. The third-order valence-electron chi connectivity index (χ3n) is 2.20. The molecule has 0 unspecified atom stereocenters. The molecule has 0 aliphatic carbocycles. The predicted octanol–water partition coefficient (Wildman–Crippen LogP) is 3.17. The van der Waals surface area contributed by atoms with E-state index in [0.717, 1.165) is 22.8 Å². The van der Waals surface area contributed by atoms with Crippen LogP contribution in [-0.4, -0.2) is 16.1 Å². The Morgan fingerprint density at radius 2 is 1.88 bits per heavy atom. The molecule has 1 aromatic carbocycles. The third kappa shape index (κ3) is 2.42. The van der Waals surface area contributed by atoms with Crippen molar-refractivity contribution in [2.45, 2.75) is 26.9 Å². The summed E-state index contributed by atoms with van der Waals surface area (Å²) in [6, 6.07) is 7.95. The molecule has 0 radical (unpaired) electrons.